The SMILES string of the molecule is N[C@@H](CC(=O)N1CCn2c(C(F)(F)F)nc(C(=O)Nc3ccc(F)cc3)c2C1)Cc1cc(F)c(F)cc1F. The van der Waals surface area contributed by atoms with Gasteiger partial charge in [0.25, 0.3) is 5.91 Å². The van der Waals surface area contributed by atoms with Gasteiger partial charge in [-0.1, -0.05) is 0 Å². The van der Waals surface area contributed by atoms with Crippen LogP contribution in [0.2, 0.25) is 0 Å². The summed E-state index contributed by atoms with van der Waals surface area (Å²) in [5, 5.41) is 2.35. The minimum absolute atomic E-state index is 0.117. The molecule has 0 aliphatic carbocycles. The van der Waals surface area contributed by atoms with E-state index in [9.17, 15) is 40.3 Å². The number of imidazole rings is 1. The van der Waals surface area contributed by atoms with Crippen LogP contribution in [0, 0.1) is 23.3 Å². The maximum atomic E-state index is 13.9. The standard InChI is InChI=1S/C24H20F7N5O2/c25-13-1-3-15(4-2-13)33-22(38)21-19-11-35(5-6-36(19)23(34-21)24(29,30)31)20(37)9-14(32)7-12-8-17(27)18(28)10-16(12)26/h1-4,8,10,14H,5-7,9,11,32H2,(H,33,38)/t14-/m1/s1. The molecule has 7 nitrogen and oxygen atoms in total. The molecule has 2 heterocycles. The number of nitrogens with one attached hydrogen (secondary N) is 1. The van der Waals surface area contributed by atoms with E-state index < -0.39 is 65.4 Å². The second-order valence-corrected chi connectivity index (χ2v) is 8.68. The topological polar surface area (TPSA) is 93.2 Å². The van der Waals surface area contributed by atoms with Gasteiger partial charge in [-0.3, -0.25) is 9.59 Å². The highest BCUT2D eigenvalue weighted by molar-refractivity contribution is 6.03. The third kappa shape index (κ3) is 5.79. The van der Waals surface area contributed by atoms with E-state index in [1.54, 1.807) is 0 Å². The van der Waals surface area contributed by atoms with Crippen LogP contribution in [0.4, 0.5) is 36.4 Å². The van der Waals surface area contributed by atoms with Crippen molar-refractivity contribution in [3.05, 3.63) is 82.4 Å². The Morgan fingerprint density at radius 1 is 1.00 bits per heavy atom. The van der Waals surface area contributed by atoms with Crippen LogP contribution < -0.4 is 11.1 Å². The van der Waals surface area contributed by atoms with Crippen molar-refractivity contribution < 1.29 is 40.3 Å². The van der Waals surface area contributed by atoms with E-state index in [2.05, 4.69) is 10.3 Å². The van der Waals surface area contributed by atoms with E-state index in [1.807, 2.05) is 0 Å². The lowest BCUT2D eigenvalue weighted by Gasteiger charge is -2.30. The molecule has 14 heteroatoms. The summed E-state index contributed by atoms with van der Waals surface area (Å²) in [4.78, 5) is 30.3. The number of amides is 2. The van der Waals surface area contributed by atoms with Crippen LogP contribution in [0.1, 0.15) is 34.0 Å². The minimum Gasteiger partial charge on any atom is -0.335 e. The van der Waals surface area contributed by atoms with Crippen molar-refractivity contribution in [2.24, 2.45) is 5.73 Å². The van der Waals surface area contributed by atoms with Gasteiger partial charge in [-0.25, -0.2) is 22.5 Å². The van der Waals surface area contributed by atoms with E-state index in [1.165, 1.54) is 17.0 Å². The van der Waals surface area contributed by atoms with Gasteiger partial charge in [0.05, 0.1) is 12.2 Å². The Bertz CT molecular complexity index is 1370. The number of carbonyl (C=O) groups is 2. The van der Waals surface area contributed by atoms with Gasteiger partial charge in [-0.05, 0) is 42.3 Å². The normalized spacial score (nSPS) is 14.3. The van der Waals surface area contributed by atoms with Crippen LogP contribution in [0.3, 0.4) is 0 Å². The fourth-order valence-corrected chi connectivity index (χ4v) is 4.13. The van der Waals surface area contributed by atoms with Gasteiger partial charge >= 0.3 is 6.18 Å². The summed E-state index contributed by atoms with van der Waals surface area (Å²) in [6.45, 7) is -0.878. The number of halogens is 7. The highest BCUT2D eigenvalue weighted by atomic mass is 19.4. The molecule has 0 unspecified atom stereocenters. The van der Waals surface area contributed by atoms with Crippen LogP contribution >= 0.6 is 0 Å². The molecule has 0 radical (unpaired) electrons. The molecule has 1 aliphatic heterocycles. The number of anilines is 1. The van der Waals surface area contributed by atoms with E-state index in [0.29, 0.717) is 12.1 Å². The molecule has 202 valence electrons. The number of aromatic nitrogens is 2. The van der Waals surface area contributed by atoms with Crippen molar-refractivity contribution in [3.63, 3.8) is 0 Å². The molecule has 0 fully saturated rings. The minimum atomic E-state index is -4.88. The van der Waals surface area contributed by atoms with Crippen molar-refractivity contribution >= 4 is 17.5 Å². The van der Waals surface area contributed by atoms with Gasteiger partial charge in [0.2, 0.25) is 11.7 Å². The van der Waals surface area contributed by atoms with Crippen LogP contribution in [0.5, 0.6) is 0 Å². The number of benzene rings is 2. The Morgan fingerprint density at radius 3 is 2.32 bits per heavy atom. The molecule has 4 rings (SSSR count). The number of hydrogen-bond donors (Lipinski definition) is 2. The lowest BCUT2D eigenvalue weighted by Crippen LogP contribution is -2.42. The lowest BCUT2D eigenvalue weighted by atomic mass is 10.0. The zero-order valence-corrected chi connectivity index (χ0v) is 19.5. The first-order valence-electron chi connectivity index (χ1n) is 11.2. The maximum absolute atomic E-state index is 13.9. The van der Waals surface area contributed by atoms with Gasteiger partial charge in [-0.2, -0.15) is 13.2 Å². The number of fused-ring (bicyclic) bond motifs is 1. The molecule has 3 aromatic rings. The molecule has 1 atom stereocenters. The number of alkyl halides is 3. The lowest BCUT2D eigenvalue weighted by molar-refractivity contribution is -0.148. The molecule has 1 aromatic heterocycles. The van der Waals surface area contributed by atoms with Gasteiger partial charge in [0.1, 0.15) is 11.6 Å². The zero-order chi connectivity index (χ0) is 27.8. The fraction of sp³-hybridized carbons (Fsp3) is 0.292. The van der Waals surface area contributed by atoms with Gasteiger partial charge in [0, 0.05) is 37.3 Å². The van der Waals surface area contributed by atoms with Crippen molar-refractivity contribution in [2.75, 3.05) is 11.9 Å². The number of carbonyl (C=O) groups excluding carboxylic acids is 2. The molecule has 3 N–H and O–H groups in total. The molecular weight excluding hydrogens is 523 g/mol. The van der Waals surface area contributed by atoms with Crippen LogP contribution in [0.15, 0.2) is 36.4 Å². The molecule has 2 amide bonds. The first kappa shape index (κ1) is 27.1. The summed E-state index contributed by atoms with van der Waals surface area (Å²) in [5.74, 6) is -7.18. The Labute approximate surface area is 211 Å². The van der Waals surface area contributed by atoms with Crippen molar-refractivity contribution in [1.82, 2.24) is 14.5 Å². The fourth-order valence-electron chi connectivity index (χ4n) is 4.13. The Balaban J connectivity index is 1.52. The zero-order valence-electron chi connectivity index (χ0n) is 19.5. The summed E-state index contributed by atoms with van der Waals surface area (Å²) in [5.41, 5.74) is 5.06. The quantitative estimate of drug-likeness (QED) is 0.363. The summed E-state index contributed by atoms with van der Waals surface area (Å²) in [7, 11) is 0. The molecular formula is C24H20F7N5O2. The summed E-state index contributed by atoms with van der Waals surface area (Å²) >= 11 is 0. The molecule has 2 aromatic carbocycles. The maximum Gasteiger partial charge on any atom is 0.449 e. The van der Waals surface area contributed by atoms with Crippen LogP contribution in [-0.4, -0.2) is 38.9 Å². The van der Waals surface area contributed by atoms with E-state index in [0.717, 1.165) is 16.7 Å². The highest BCUT2D eigenvalue weighted by Gasteiger charge is 2.41. The Hall–Kier alpha value is -3.94. The van der Waals surface area contributed by atoms with Gasteiger partial charge < -0.3 is 20.5 Å². The monoisotopic (exact) mass is 543 g/mol. The van der Waals surface area contributed by atoms with Gasteiger partial charge in [-0.15, -0.1) is 0 Å². The number of rotatable bonds is 6. The van der Waals surface area contributed by atoms with E-state index in [-0.39, 0.29) is 42.9 Å². The Morgan fingerprint density at radius 2 is 1.66 bits per heavy atom. The summed E-state index contributed by atoms with van der Waals surface area (Å²) < 4.78 is 95.3. The van der Waals surface area contributed by atoms with E-state index in [4.69, 9.17) is 5.73 Å². The Kier molecular flexibility index (Phi) is 7.44. The van der Waals surface area contributed by atoms with Crippen LogP contribution in [0.25, 0.3) is 0 Å². The largest absolute Gasteiger partial charge is 0.449 e. The molecule has 1 aliphatic rings. The third-order valence-corrected chi connectivity index (χ3v) is 5.94. The van der Waals surface area contributed by atoms with Gasteiger partial charge in [0.15, 0.2) is 17.3 Å². The van der Waals surface area contributed by atoms with Crippen molar-refractivity contribution in [3.8, 4) is 0 Å². The first-order chi connectivity index (χ1) is 17.8. The molecule has 0 saturated carbocycles. The molecule has 0 spiro atoms. The highest BCUT2D eigenvalue weighted by Crippen LogP contribution is 2.33. The predicted molar refractivity (Wildman–Crippen MR) is 120 cm³/mol. The molecule has 0 bridgehead atoms. The molecule has 38 heavy (non-hydrogen) atoms. The van der Waals surface area contributed by atoms with Crippen molar-refractivity contribution in [2.45, 2.75) is 38.1 Å². The first-order valence-corrected chi connectivity index (χ1v) is 11.2. The molecule has 0 saturated heterocycles. The predicted octanol–water partition coefficient (Wildman–Crippen LogP) is 4.01. The third-order valence-electron chi connectivity index (χ3n) is 5.94. The van der Waals surface area contributed by atoms with E-state index >= 15 is 0 Å². The smallest absolute Gasteiger partial charge is 0.335 e. The number of hydrogen-bond acceptors (Lipinski definition) is 4. The second-order valence-electron chi connectivity index (χ2n) is 8.68. The average Bonchev–Trinajstić information content (AvgIpc) is 3.23. The summed E-state index contributed by atoms with van der Waals surface area (Å²) in [6, 6.07) is 4.52. The number of nitrogens with two attached hydrogens (primary N) is 1. The van der Waals surface area contributed by atoms with Crippen LogP contribution in [-0.2, 0) is 30.5 Å². The van der Waals surface area contributed by atoms with Crippen molar-refractivity contribution in [1.29, 1.82) is 0 Å². The summed E-state index contributed by atoms with van der Waals surface area (Å²) in [6.07, 6.45) is -5.56. The average molecular weight is 543 g/mol. The number of nitrogens with zero attached hydrogens (tertiary/aromatic N) is 3. The second kappa shape index (κ2) is 10.4.